The first-order valence-corrected chi connectivity index (χ1v) is 10.2. The van der Waals surface area contributed by atoms with Gasteiger partial charge >= 0.3 is 0 Å². The van der Waals surface area contributed by atoms with Crippen molar-refractivity contribution in [1.29, 1.82) is 0 Å². The van der Waals surface area contributed by atoms with E-state index in [1.165, 1.54) is 7.11 Å². The molecule has 0 aliphatic carbocycles. The van der Waals surface area contributed by atoms with Crippen molar-refractivity contribution in [2.75, 3.05) is 7.11 Å². The highest BCUT2D eigenvalue weighted by atomic mass is 16.5. The molecule has 5 nitrogen and oxygen atoms in total. The summed E-state index contributed by atoms with van der Waals surface area (Å²) in [6, 6.07) is 28.9. The van der Waals surface area contributed by atoms with Gasteiger partial charge in [-0.3, -0.25) is 4.79 Å². The molecule has 4 aromatic rings. The van der Waals surface area contributed by atoms with Gasteiger partial charge in [-0.1, -0.05) is 66.7 Å². The predicted octanol–water partition coefficient (Wildman–Crippen LogP) is 5.73. The van der Waals surface area contributed by atoms with E-state index >= 15 is 0 Å². The number of aldehydes is 1. The van der Waals surface area contributed by atoms with Gasteiger partial charge in [-0.25, -0.2) is 0 Å². The van der Waals surface area contributed by atoms with Crippen LogP contribution in [0.2, 0.25) is 0 Å². The van der Waals surface area contributed by atoms with Crippen LogP contribution in [0.15, 0.2) is 91.0 Å². The highest BCUT2D eigenvalue weighted by Gasteiger charge is 2.13. The van der Waals surface area contributed by atoms with E-state index in [0.29, 0.717) is 36.3 Å². The number of hydrogen-bond acceptors (Lipinski definition) is 5. The monoisotopic (exact) mass is 425 g/mol. The fraction of sp³-hybridized carbons (Fsp3) is 0.111. The van der Waals surface area contributed by atoms with Gasteiger partial charge < -0.3 is 14.2 Å². The third-order valence-corrected chi connectivity index (χ3v) is 4.95. The maximum Gasteiger partial charge on any atom is 0.225 e. The molecule has 0 radical (unpaired) electrons. The molecule has 0 amide bonds. The number of carbonyl (C=O) groups is 1. The van der Waals surface area contributed by atoms with Crippen molar-refractivity contribution >= 4 is 6.29 Å². The van der Waals surface area contributed by atoms with Crippen LogP contribution in [0.1, 0.15) is 21.5 Å². The zero-order valence-corrected chi connectivity index (χ0v) is 17.7. The second-order valence-electron chi connectivity index (χ2n) is 7.13. The summed E-state index contributed by atoms with van der Waals surface area (Å²) in [7, 11) is 1.54. The lowest BCUT2D eigenvalue weighted by molar-refractivity contribution is 0.112. The fourth-order valence-electron chi connectivity index (χ4n) is 3.29. The van der Waals surface area contributed by atoms with Gasteiger partial charge in [0.15, 0.2) is 6.29 Å². The Kier molecular flexibility index (Phi) is 6.78. The molecular formula is C27H23NO4. The van der Waals surface area contributed by atoms with Crippen LogP contribution in [0.25, 0.3) is 11.1 Å². The molecule has 0 fully saturated rings. The highest BCUT2D eigenvalue weighted by molar-refractivity contribution is 5.83. The lowest BCUT2D eigenvalue weighted by Crippen LogP contribution is -2.02. The molecule has 0 unspecified atom stereocenters. The predicted molar refractivity (Wildman–Crippen MR) is 123 cm³/mol. The zero-order chi connectivity index (χ0) is 22.2. The smallest absolute Gasteiger partial charge is 0.225 e. The van der Waals surface area contributed by atoms with Crippen molar-refractivity contribution in [3.63, 3.8) is 0 Å². The molecule has 0 spiro atoms. The first kappa shape index (κ1) is 21.1. The van der Waals surface area contributed by atoms with E-state index in [4.69, 9.17) is 14.2 Å². The molecule has 4 rings (SSSR count). The molecule has 5 heteroatoms. The number of ether oxygens (including phenoxy) is 3. The van der Waals surface area contributed by atoms with Gasteiger partial charge in [-0.2, -0.15) is 4.98 Å². The van der Waals surface area contributed by atoms with Gasteiger partial charge in [0.2, 0.25) is 11.8 Å². The molecule has 160 valence electrons. The van der Waals surface area contributed by atoms with Crippen molar-refractivity contribution in [1.82, 2.24) is 4.98 Å². The molecule has 1 aromatic heterocycles. The summed E-state index contributed by atoms with van der Waals surface area (Å²) in [5, 5.41) is 0. The maximum absolute atomic E-state index is 11.5. The quantitative estimate of drug-likeness (QED) is 0.321. The van der Waals surface area contributed by atoms with Crippen molar-refractivity contribution in [2.45, 2.75) is 13.2 Å². The van der Waals surface area contributed by atoms with Crippen LogP contribution in [-0.4, -0.2) is 18.4 Å². The summed E-state index contributed by atoms with van der Waals surface area (Å²) in [5.74, 6) is 1.41. The molecule has 32 heavy (non-hydrogen) atoms. The summed E-state index contributed by atoms with van der Waals surface area (Å²) in [6.07, 6.45) is 0.775. The van der Waals surface area contributed by atoms with Crippen molar-refractivity contribution in [2.24, 2.45) is 0 Å². The summed E-state index contributed by atoms with van der Waals surface area (Å²) in [4.78, 5) is 16.1. The van der Waals surface area contributed by atoms with E-state index in [2.05, 4.69) is 4.98 Å². The van der Waals surface area contributed by atoms with Gasteiger partial charge in [0.25, 0.3) is 0 Å². The van der Waals surface area contributed by atoms with Crippen molar-refractivity contribution in [3.05, 3.63) is 108 Å². The second kappa shape index (κ2) is 10.3. The van der Waals surface area contributed by atoms with Crippen LogP contribution >= 0.6 is 0 Å². The van der Waals surface area contributed by atoms with Crippen molar-refractivity contribution in [3.8, 4) is 28.6 Å². The minimum absolute atomic E-state index is 0.361. The molecule has 0 saturated heterocycles. The standard InChI is InChI=1S/C27H23NO4/c1-30-25-14-12-22(16-23(25)17-29)24-13-15-26(31-18-20-8-4-2-5-9-20)28-27(24)32-19-21-10-6-3-7-11-21/h2-17H,18-19H2,1H3. The number of methoxy groups -OCH3 is 1. The van der Waals surface area contributed by atoms with Gasteiger partial charge in [0.1, 0.15) is 19.0 Å². The lowest BCUT2D eigenvalue weighted by atomic mass is 10.0. The Morgan fingerprint density at radius 2 is 1.44 bits per heavy atom. The van der Waals surface area contributed by atoms with Crippen molar-refractivity contribution < 1.29 is 19.0 Å². The van der Waals surface area contributed by atoms with E-state index in [9.17, 15) is 4.79 Å². The Morgan fingerprint density at radius 3 is 2.06 bits per heavy atom. The lowest BCUT2D eigenvalue weighted by Gasteiger charge is -2.14. The minimum Gasteiger partial charge on any atom is -0.496 e. The van der Waals surface area contributed by atoms with Crippen LogP contribution < -0.4 is 14.2 Å². The van der Waals surface area contributed by atoms with E-state index < -0.39 is 0 Å². The Hall–Kier alpha value is -4.12. The molecule has 0 aliphatic heterocycles. The normalized spacial score (nSPS) is 10.4. The van der Waals surface area contributed by atoms with Crippen LogP contribution in [0.3, 0.4) is 0 Å². The molecule has 3 aromatic carbocycles. The number of nitrogens with zero attached hydrogens (tertiary/aromatic N) is 1. The van der Waals surface area contributed by atoms with Gasteiger partial charge in [-0.15, -0.1) is 0 Å². The third kappa shape index (κ3) is 5.13. The van der Waals surface area contributed by atoms with E-state index in [-0.39, 0.29) is 0 Å². The average molecular weight is 425 g/mol. The molecule has 0 atom stereocenters. The number of hydrogen-bond donors (Lipinski definition) is 0. The SMILES string of the molecule is COc1ccc(-c2ccc(OCc3ccccc3)nc2OCc2ccccc2)cc1C=O. The largest absolute Gasteiger partial charge is 0.496 e. The Bertz CT molecular complexity index is 1180. The molecule has 1 heterocycles. The Labute approximate surface area is 187 Å². The third-order valence-electron chi connectivity index (χ3n) is 4.95. The number of carbonyl (C=O) groups excluding carboxylic acids is 1. The first-order chi connectivity index (χ1) is 15.8. The molecular weight excluding hydrogens is 402 g/mol. The highest BCUT2D eigenvalue weighted by Crippen LogP contribution is 2.33. The Morgan fingerprint density at radius 1 is 0.781 bits per heavy atom. The van der Waals surface area contributed by atoms with Crippen LogP contribution in [-0.2, 0) is 13.2 Å². The second-order valence-corrected chi connectivity index (χ2v) is 7.13. The number of aromatic nitrogens is 1. The first-order valence-electron chi connectivity index (χ1n) is 10.2. The average Bonchev–Trinajstić information content (AvgIpc) is 2.87. The zero-order valence-electron chi connectivity index (χ0n) is 17.7. The van der Waals surface area contributed by atoms with Crippen LogP contribution in [0.4, 0.5) is 0 Å². The Balaban J connectivity index is 1.64. The minimum atomic E-state index is 0.361. The van der Waals surface area contributed by atoms with Crippen LogP contribution in [0, 0.1) is 0 Å². The molecule has 0 bridgehead atoms. The van der Waals surface area contributed by atoms with Gasteiger partial charge in [-0.05, 0) is 34.9 Å². The summed E-state index contributed by atoms with van der Waals surface area (Å²) in [5.41, 5.74) is 4.11. The number of rotatable bonds is 9. The summed E-state index contributed by atoms with van der Waals surface area (Å²) < 4.78 is 17.2. The van der Waals surface area contributed by atoms with E-state index in [1.807, 2.05) is 72.8 Å². The number of pyridine rings is 1. The van der Waals surface area contributed by atoms with Crippen LogP contribution in [0.5, 0.6) is 17.5 Å². The molecule has 0 aliphatic rings. The summed E-state index contributed by atoms with van der Waals surface area (Å²) in [6.45, 7) is 0.767. The fourth-order valence-corrected chi connectivity index (χ4v) is 3.29. The topological polar surface area (TPSA) is 57.6 Å². The van der Waals surface area contributed by atoms with Gasteiger partial charge in [0.05, 0.1) is 12.7 Å². The summed E-state index contributed by atoms with van der Waals surface area (Å²) >= 11 is 0. The number of benzene rings is 3. The van der Waals surface area contributed by atoms with E-state index in [0.717, 1.165) is 28.5 Å². The molecule has 0 N–H and O–H groups in total. The maximum atomic E-state index is 11.5. The van der Waals surface area contributed by atoms with E-state index in [1.54, 1.807) is 18.2 Å². The van der Waals surface area contributed by atoms with Gasteiger partial charge in [0, 0.05) is 11.6 Å². The molecule has 0 saturated carbocycles.